The van der Waals surface area contributed by atoms with Crippen molar-refractivity contribution in [2.24, 2.45) is 7.05 Å². The van der Waals surface area contributed by atoms with Crippen LogP contribution >= 0.6 is 0 Å². The van der Waals surface area contributed by atoms with Gasteiger partial charge in [-0.15, -0.1) is 0 Å². The number of hydrogen-bond donors (Lipinski definition) is 2. The highest BCUT2D eigenvalue weighted by molar-refractivity contribution is 6.59. The molecule has 0 amide bonds. The van der Waals surface area contributed by atoms with Crippen molar-refractivity contribution in [3.8, 4) is 0 Å². The van der Waals surface area contributed by atoms with Crippen LogP contribution in [0, 0.1) is 0 Å². The fraction of sp³-hybridized carbons (Fsp3) is 0.571. The van der Waals surface area contributed by atoms with Crippen LogP contribution in [0.2, 0.25) is 0 Å². The summed E-state index contributed by atoms with van der Waals surface area (Å²) in [5, 5.41) is 22.0. The van der Waals surface area contributed by atoms with Crippen molar-refractivity contribution < 1.29 is 10.0 Å². The van der Waals surface area contributed by atoms with Gasteiger partial charge in [-0.05, 0) is 14.1 Å². The lowest BCUT2D eigenvalue weighted by molar-refractivity contribution is 0.386. The third-order valence-electron chi connectivity index (χ3n) is 1.84. The molecule has 0 aromatic carbocycles. The molecule has 72 valence electrons. The molecule has 1 heterocycles. The molecule has 0 radical (unpaired) electrons. The fourth-order valence-corrected chi connectivity index (χ4v) is 1.19. The van der Waals surface area contributed by atoms with E-state index in [4.69, 9.17) is 10.0 Å². The quantitative estimate of drug-likeness (QED) is 0.540. The first kappa shape index (κ1) is 10.2. The molecule has 1 aromatic heterocycles. The Morgan fingerprint density at radius 2 is 2.15 bits per heavy atom. The van der Waals surface area contributed by atoms with Gasteiger partial charge in [0.1, 0.15) is 0 Å². The molecule has 0 aliphatic heterocycles. The third kappa shape index (κ3) is 2.30. The zero-order chi connectivity index (χ0) is 10.0. The highest BCUT2D eigenvalue weighted by Gasteiger charge is 2.19. The van der Waals surface area contributed by atoms with Gasteiger partial charge in [0, 0.05) is 25.3 Å². The van der Waals surface area contributed by atoms with E-state index in [2.05, 4.69) is 5.10 Å². The zero-order valence-corrected chi connectivity index (χ0v) is 8.10. The van der Waals surface area contributed by atoms with Gasteiger partial charge in [0.15, 0.2) is 0 Å². The second-order valence-corrected chi connectivity index (χ2v) is 3.28. The maximum atomic E-state index is 9.01. The molecule has 1 rings (SSSR count). The number of nitrogens with zero attached hydrogens (tertiary/aromatic N) is 3. The Bertz CT molecular complexity index is 285. The molecule has 0 spiro atoms. The summed E-state index contributed by atoms with van der Waals surface area (Å²) in [5.41, 5.74) is 1.29. The van der Waals surface area contributed by atoms with Gasteiger partial charge in [-0.3, -0.25) is 4.68 Å². The largest absolute Gasteiger partial charge is 0.492 e. The second-order valence-electron chi connectivity index (χ2n) is 3.28. The lowest BCUT2D eigenvalue weighted by Gasteiger charge is -2.11. The standard InChI is InChI=1S/C7H14BN3O2/c1-10(2)5-7-6(8(12)13)4-9-11(7)3/h4,12-13H,5H2,1-3H3. The Balaban J connectivity index is 2.94. The molecule has 0 fully saturated rings. The molecule has 0 unspecified atom stereocenters. The van der Waals surface area contributed by atoms with Crippen molar-refractivity contribution in [2.45, 2.75) is 6.54 Å². The Labute approximate surface area is 77.7 Å². The summed E-state index contributed by atoms with van der Waals surface area (Å²) >= 11 is 0. The Morgan fingerprint density at radius 3 is 2.62 bits per heavy atom. The number of aromatic nitrogens is 2. The van der Waals surface area contributed by atoms with Gasteiger partial charge < -0.3 is 14.9 Å². The van der Waals surface area contributed by atoms with Gasteiger partial charge in [0.05, 0.1) is 5.69 Å². The lowest BCUT2D eigenvalue weighted by Crippen LogP contribution is -2.34. The van der Waals surface area contributed by atoms with Crippen molar-refractivity contribution in [2.75, 3.05) is 14.1 Å². The van der Waals surface area contributed by atoms with Crippen molar-refractivity contribution in [1.82, 2.24) is 14.7 Å². The summed E-state index contributed by atoms with van der Waals surface area (Å²) in [6.45, 7) is 0.642. The van der Waals surface area contributed by atoms with Gasteiger partial charge in [-0.1, -0.05) is 0 Å². The molecular weight excluding hydrogens is 169 g/mol. The highest BCUT2D eigenvalue weighted by Crippen LogP contribution is 1.97. The molecule has 0 aliphatic rings. The van der Waals surface area contributed by atoms with Crippen LogP contribution in [0.4, 0.5) is 0 Å². The molecule has 5 nitrogen and oxygen atoms in total. The molecule has 1 aromatic rings. The van der Waals surface area contributed by atoms with Crippen molar-refractivity contribution in [3.63, 3.8) is 0 Å². The van der Waals surface area contributed by atoms with E-state index in [-0.39, 0.29) is 0 Å². The van der Waals surface area contributed by atoms with Crippen LogP contribution in [-0.2, 0) is 13.6 Å². The topological polar surface area (TPSA) is 61.5 Å². The molecule has 0 aliphatic carbocycles. The molecule has 0 atom stereocenters. The number of hydrogen-bond acceptors (Lipinski definition) is 4. The van der Waals surface area contributed by atoms with Crippen LogP contribution in [0.5, 0.6) is 0 Å². The first-order chi connectivity index (χ1) is 6.02. The van der Waals surface area contributed by atoms with Crippen molar-refractivity contribution >= 4 is 12.6 Å². The van der Waals surface area contributed by atoms with E-state index in [1.165, 1.54) is 6.20 Å². The molecule has 13 heavy (non-hydrogen) atoms. The molecule has 0 bridgehead atoms. The Hall–Kier alpha value is -0.845. The van der Waals surface area contributed by atoms with Crippen LogP contribution in [0.15, 0.2) is 6.20 Å². The van der Waals surface area contributed by atoms with Gasteiger partial charge in [0.25, 0.3) is 0 Å². The van der Waals surface area contributed by atoms with Gasteiger partial charge in [0.2, 0.25) is 0 Å². The van der Waals surface area contributed by atoms with E-state index in [0.29, 0.717) is 12.0 Å². The van der Waals surface area contributed by atoms with Crippen LogP contribution in [-0.4, -0.2) is 45.9 Å². The average Bonchev–Trinajstić information content (AvgIpc) is 2.32. The summed E-state index contributed by atoms with van der Waals surface area (Å²) in [4.78, 5) is 1.95. The molecule has 6 heteroatoms. The van der Waals surface area contributed by atoms with E-state index in [9.17, 15) is 0 Å². The Kier molecular flexibility index (Phi) is 3.08. The van der Waals surface area contributed by atoms with Crippen LogP contribution in [0.1, 0.15) is 5.69 Å². The predicted molar refractivity (Wildman–Crippen MR) is 50.4 cm³/mol. The molecule has 2 N–H and O–H groups in total. The van der Waals surface area contributed by atoms with Crippen molar-refractivity contribution in [1.29, 1.82) is 0 Å². The average molecular weight is 183 g/mol. The lowest BCUT2D eigenvalue weighted by atomic mass is 9.80. The monoisotopic (exact) mass is 183 g/mol. The van der Waals surface area contributed by atoms with Crippen LogP contribution < -0.4 is 5.46 Å². The third-order valence-corrected chi connectivity index (χ3v) is 1.84. The van der Waals surface area contributed by atoms with E-state index < -0.39 is 7.12 Å². The molecule has 0 saturated heterocycles. The van der Waals surface area contributed by atoms with Crippen LogP contribution in [0.3, 0.4) is 0 Å². The molecular formula is C7H14BN3O2. The Morgan fingerprint density at radius 1 is 1.54 bits per heavy atom. The van der Waals surface area contributed by atoms with Crippen LogP contribution in [0.25, 0.3) is 0 Å². The SMILES string of the molecule is CN(C)Cc1c(B(O)O)cnn1C. The summed E-state index contributed by atoms with van der Waals surface area (Å²) < 4.78 is 1.65. The minimum absolute atomic E-state index is 0.469. The van der Waals surface area contributed by atoms with Crippen molar-refractivity contribution in [3.05, 3.63) is 11.9 Å². The summed E-state index contributed by atoms with van der Waals surface area (Å²) in [6.07, 6.45) is 1.48. The second kappa shape index (κ2) is 3.91. The summed E-state index contributed by atoms with van der Waals surface area (Å²) in [7, 11) is 4.18. The van der Waals surface area contributed by atoms with E-state index in [0.717, 1.165) is 5.69 Å². The maximum absolute atomic E-state index is 9.01. The summed E-state index contributed by atoms with van der Waals surface area (Å²) in [5.74, 6) is 0. The van der Waals surface area contributed by atoms with Gasteiger partial charge in [-0.2, -0.15) is 5.10 Å². The first-order valence-corrected chi connectivity index (χ1v) is 4.04. The summed E-state index contributed by atoms with van der Waals surface area (Å²) in [6, 6.07) is 0. The minimum atomic E-state index is -1.44. The van der Waals surface area contributed by atoms with E-state index >= 15 is 0 Å². The number of aryl methyl sites for hydroxylation is 1. The zero-order valence-electron chi connectivity index (χ0n) is 8.10. The predicted octanol–water partition coefficient (Wildman–Crippen LogP) is -1.84. The highest BCUT2D eigenvalue weighted by atomic mass is 16.4. The van der Waals surface area contributed by atoms with E-state index in [1.54, 1.807) is 11.7 Å². The van der Waals surface area contributed by atoms with Gasteiger partial charge in [-0.25, -0.2) is 0 Å². The first-order valence-electron chi connectivity index (χ1n) is 4.04. The normalized spacial score (nSPS) is 10.9. The van der Waals surface area contributed by atoms with E-state index in [1.807, 2.05) is 19.0 Å². The molecule has 0 saturated carbocycles. The fourth-order valence-electron chi connectivity index (χ4n) is 1.19. The minimum Gasteiger partial charge on any atom is -0.423 e. The number of rotatable bonds is 3. The van der Waals surface area contributed by atoms with Gasteiger partial charge >= 0.3 is 7.12 Å². The smallest absolute Gasteiger partial charge is 0.423 e. The maximum Gasteiger partial charge on any atom is 0.492 e.